The molecule has 0 radical (unpaired) electrons. The SMILES string of the molecule is CC(C)CNC(=O)C(C)NC(=O)CNC1CC1. The zero-order valence-corrected chi connectivity index (χ0v) is 10.9. The second-order valence-electron chi connectivity index (χ2n) is 5.08. The minimum Gasteiger partial charge on any atom is -0.354 e. The highest BCUT2D eigenvalue weighted by Crippen LogP contribution is 2.17. The Labute approximate surface area is 103 Å². The average molecular weight is 241 g/mol. The van der Waals surface area contributed by atoms with Crippen LogP contribution in [-0.2, 0) is 9.59 Å². The molecule has 0 spiro atoms. The summed E-state index contributed by atoms with van der Waals surface area (Å²) in [6, 6.07) is 0.0353. The van der Waals surface area contributed by atoms with E-state index in [-0.39, 0.29) is 11.8 Å². The van der Waals surface area contributed by atoms with Crippen molar-refractivity contribution in [1.82, 2.24) is 16.0 Å². The molecule has 1 aliphatic carbocycles. The number of rotatable bonds is 7. The molecular weight excluding hydrogens is 218 g/mol. The predicted molar refractivity (Wildman–Crippen MR) is 66.5 cm³/mol. The first-order valence-electron chi connectivity index (χ1n) is 6.29. The van der Waals surface area contributed by atoms with Crippen molar-refractivity contribution in [3.8, 4) is 0 Å². The van der Waals surface area contributed by atoms with Crippen LogP contribution in [0.4, 0.5) is 0 Å². The monoisotopic (exact) mass is 241 g/mol. The van der Waals surface area contributed by atoms with Gasteiger partial charge in [-0.3, -0.25) is 9.59 Å². The van der Waals surface area contributed by atoms with Gasteiger partial charge in [0.25, 0.3) is 0 Å². The van der Waals surface area contributed by atoms with E-state index in [1.165, 1.54) is 0 Å². The lowest BCUT2D eigenvalue weighted by molar-refractivity contribution is -0.128. The number of amides is 2. The average Bonchev–Trinajstić information content (AvgIpc) is 3.06. The molecule has 0 aromatic carbocycles. The van der Waals surface area contributed by atoms with Crippen LogP contribution in [0.1, 0.15) is 33.6 Å². The van der Waals surface area contributed by atoms with Gasteiger partial charge in [-0.2, -0.15) is 0 Å². The highest BCUT2D eigenvalue weighted by Gasteiger charge is 2.22. The van der Waals surface area contributed by atoms with Crippen LogP contribution in [-0.4, -0.2) is 37.0 Å². The Hall–Kier alpha value is -1.10. The second kappa shape index (κ2) is 6.59. The fraction of sp³-hybridized carbons (Fsp3) is 0.833. The molecule has 2 amide bonds. The van der Waals surface area contributed by atoms with Gasteiger partial charge in [-0.25, -0.2) is 0 Å². The zero-order chi connectivity index (χ0) is 12.8. The summed E-state index contributed by atoms with van der Waals surface area (Å²) >= 11 is 0. The number of carbonyl (C=O) groups is 2. The first kappa shape index (κ1) is 14.0. The van der Waals surface area contributed by atoms with Crippen molar-refractivity contribution in [3.05, 3.63) is 0 Å². The molecule has 5 heteroatoms. The minimum absolute atomic E-state index is 0.121. The van der Waals surface area contributed by atoms with Crippen molar-refractivity contribution in [2.24, 2.45) is 5.92 Å². The molecule has 98 valence electrons. The third kappa shape index (κ3) is 6.26. The van der Waals surface area contributed by atoms with Crippen molar-refractivity contribution < 1.29 is 9.59 Å². The largest absolute Gasteiger partial charge is 0.354 e. The van der Waals surface area contributed by atoms with E-state index in [1.54, 1.807) is 6.92 Å². The summed E-state index contributed by atoms with van der Waals surface area (Å²) in [5.74, 6) is 0.168. The molecule has 1 atom stereocenters. The Bertz CT molecular complexity index is 275. The van der Waals surface area contributed by atoms with Gasteiger partial charge in [0.2, 0.25) is 11.8 Å². The topological polar surface area (TPSA) is 70.2 Å². The molecule has 1 unspecified atom stereocenters. The van der Waals surface area contributed by atoms with Gasteiger partial charge in [0.1, 0.15) is 6.04 Å². The van der Waals surface area contributed by atoms with E-state index < -0.39 is 6.04 Å². The highest BCUT2D eigenvalue weighted by molar-refractivity contribution is 5.87. The van der Waals surface area contributed by atoms with Crippen LogP contribution >= 0.6 is 0 Å². The van der Waals surface area contributed by atoms with E-state index in [1.807, 2.05) is 13.8 Å². The lowest BCUT2D eigenvalue weighted by Gasteiger charge is -2.15. The third-order valence-corrected chi connectivity index (χ3v) is 2.58. The molecule has 1 saturated carbocycles. The van der Waals surface area contributed by atoms with Gasteiger partial charge in [-0.05, 0) is 25.7 Å². The number of hydrogen-bond donors (Lipinski definition) is 3. The quantitative estimate of drug-likeness (QED) is 0.588. The Morgan fingerprint density at radius 3 is 2.41 bits per heavy atom. The van der Waals surface area contributed by atoms with Crippen molar-refractivity contribution in [1.29, 1.82) is 0 Å². The molecular formula is C12H23N3O2. The maximum Gasteiger partial charge on any atom is 0.242 e. The Kier molecular flexibility index (Phi) is 5.41. The van der Waals surface area contributed by atoms with Gasteiger partial charge in [0, 0.05) is 12.6 Å². The number of hydrogen-bond acceptors (Lipinski definition) is 3. The molecule has 5 nitrogen and oxygen atoms in total. The highest BCUT2D eigenvalue weighted by atomic mass is 16.2. The summed E-state index contributed by atoms with van der Waals surface area (Å²) in [7, 11) is 0. The molecule has 0 aromatic heterocycles. The van der Waals surface area contributed by atoms with Gasteiger partial charge in [-0.1, -0.05) is 13.8 Å². The summed E-state index contributed by atoms with van der Waals surface area (Å²) in [5.41, 5.74) is 0. The van der Waals surface area contributed by atoms with Gasteiger partial charge in [0.05, 0.1) is 6.54 Å². The molecule has 0 bridgehead atoms. The van der Waals surface area contributed by atoms with Crippen LogP contribution in [0, 0.1) is 5.92 Å². The normalized spacial score (nSPS) is 16.7. The van der Waals surface area contributed by atoms with Crippen LogP contribution in [0.25, 0.3) is 0 Å². The van der Waals surface area contributed by atoms with Gasteiger partial charge >= 0.3 is 0 Å². The van der Waals surface area contributed by atoms with Crippen LogP contribution in [0.2, 0.25) is 0 Å². The molecule has 0 heterocycles. The molecule has 3 N–H and O–H groups in total. The molecule has 1 fully saturated rings. The summed E-state index contributed by atoms with van der Waals surface area (Å²) in [4.78, 5) is 23.1. The lowest BCUT2D eigenvalue weighted by Crippen LogP contribution is -2.48. The fourth-order valence-electron chi connectivity index (χ4n) is 1.34. The van der Waals surface area contributed by atoms with Gasteiger partial charge in [-0.15, -0.1) is 0 Å². The smallest absolute Gasteiger partial charge is 0.242 e. The summed E-state index contributed by atoms with van der Waals surface area (Å²) < 4.78 is 0. The van der Waals surface area contributed by atoms with E-state index >= 15 is 0 Å². The van der Waals surface area contributed by atoms with E-state index in [0.29, 0.717) is 25.0 Å². The predicted octanol–water partition coefficient (Wildman–Crippen LogP) is 0.0153. The lowest BCUT2D eigenvalue weighted by atomic mass is 10.2. The number of carbonyl (C=O) groups excluding carboxylic acids is 2. The van der Waals surface area contributed by atoms with E-state index in [9.17, 15) is 9.59 Å². The van der Waals surface area contributed by atoms with Crippen LogP contribution in [0.15, 0.2) is 0 Å². The molecule has 0 saturated heterocycles. The van der Waals surface area contributed by atoms with Crippen molar-refractivity contribution >= 4 is 11.8 Å². The summed E-state index contributed by atoms with van der Waals surface area (Å²) in [6.07, 6.45) is 2.30. The van der Waals surface area contributed by atoms with Gasteiger partial charge < -0.3 is 16.0 Å². The zero-order valence-electron chi connectivity index (χ0n) is 10.9. The Balaban J connectivity index is 2.14. The van der Waals surface area contributed by atoms with E-state index in [0.717, 1.165) is 12.8 Å². The van der Waals surface area contributed by atoms with Crippen molar-refractivity contribution in [2.75, 3.05) is 13.1 Å². The first-order chi connectivity index (χ1) is 7.99. The fourth-order valence-corrected chi connectivity index (χ4v) is 1.34. The molecule has 0 aliphatic heterocycles. The first-order valence-corrected chi connectivity index (χ1v) is 6.29. The van der Waals surface area contributed by atoms with E-state index in [2.05, 4.69) is 16.0 Å². The third-order valence-electron chi connectivity index (χ3n) is 2.58. The molecule has 0 aromatic rings. The van der Waals surface area contributed by atoms with Crippen LogP contribution in [0.5, 0.6) is 0 Å². The van der Waals surface area contributed by atoms with Crippen molar-refractivity contribution in [2.45, 2.75) is 45.7 Å². The second-order valence-corrected chi connectivity index (χ2v) is 5.08. The van der Waals surface area contributed by atoms with E-state index in [4.69, 9.17) is 0 Å². The molecule has 1 aliphatic rings. The Morgan fingerprint density at radius 2 is 1.88 bits per heavy atom. The van der Waals surface area contributed by atoms with Crippen molar-refractivity contribution in [3.63, 3.8) is 0 Å². The molecule has 1 rings (SSSR count). The standard InChI is InChI=1S/C12H23N3O2/c1-8(2)6-14-12(17)9(3)15-11(16)7-13-10-4-5-10/h8-10,13H,4-7H2,1-3H3,(H,14,17)(H,15,16). The van der Waals surface area contributed by atoms with Gasteiger partial charge in [0.15, 0.2) is 0 Å². The minimum atomic E-state index is -0.470. The Morgan fingerprint density at radius 1 is 1.24 bits per heavy atom. The summed E-state index contributed by atoms with van der Waals surface area (Å²) in [5, 5.41) is 8.57. The number of nitrogens with one attached hydrogen (secondary N) is 3. The van der Waals surface area contributed by atoms with Crippen LogP contribution in [0.3, 0.4) is 0 Å². The summed E-state index contributed by atoms with van der Waals surface area (Å²) in [6.45, 7) is 6.70. The maximum absolute atomic E-state index is 11.6. The molecule has 17 heavy (non-hydrogen) atoms. The van der Waals surface area contributed by atoms with Crippen LogP contribution < -0.4 is 16.0 Å². The maximum atomic E-state index is 11.6.